The number of aromatic nitrogens is 1. The standard InChI is InChI=1S/C20H26N4O2.CH4/c1-4-26-20(25)22-8-5-9-24(3)13-14-10-16(14)18-12-23-19-7-6-15(21-2)11-17(18)19;/h6-7,11-12,14,16,23H,4-5,8-10,13H2,1,3H3,(H,22,25);1H4. The Labute approximate surface area is 161 Å². The molecule has 0 aliphatic heterocycles. The zero-order chi connectivity index (χ0) is 18.5. The second-order valence-corrected chi connectivity index (χ2v) is 6.95. The number of alkyl carbamates (subject to hydrolysis) is 1. The number of H-pyrrole nitrogens is 1. The Morgan fingerprint density at radius 2 is 2.30 bits per heavy atom. The summed E-state index contributed by atoms with van der Waals surface area (Å²) in [4.78, 5) is 20.4. The molecule has 1 aromatic carbocycles. The molecule has 1 aliphatic rings. The number of fused-ring (bicyclic) bond motifs is 1. The molecule has 1 fully saturated rings. The van der Waals surface area contributed by atoms with E-state index < -0.39 is 0 Å². The molecular formula is C21H30N4O2. The summed E-state index contributed by atoms with van der Waals surface area (Å²) in [7, 11) is 2.13. The molecule has 1 saturated carbocycles. The van der Waals surface area contributed by atoms with Crippen LogP contribution in [-0.2, 0) is 4.74 Å². The molecule has 146 valence electrons. The van der Waals surface area contributed by atoms with Crippen LogP contribution < -0.4 is 5.32 Å². The summed E-state index contributed by atoms with van der Waals surface area (Å²) in [6, 6.07) is 5.85. The summed E-state index contributed by atoms with van der Waals surface area (Å²) in [5.74, 6) is 1.23. The molecular weight excluding hydrogens is 340 g/mol. The van der Waals surface area contributed by atoms with Gasteiger partial charge in [0, 0.05) is 24.8 Å². The molecule has 2 atom stereocenters. The Morgan fingerprint density at radius 3 is 3.04 bits per heavy atom. The molecule has 3 rings (SSSR count). The van der Waals surface area contributed by atoms with Gasteiger partial charge in [-0.05, 0) is 68.3 Å². The fourth-order valence-electron chi connectivity index (χ4n) is 3.55. The summed E-state index contributed by atoms with van der Waals surface area (Å²) in [6.07, 6.45) is 3.87. The number of hydrogen-bond acceptors (Lipinski definition) is 3. The highest BCUT2D eigenvalue weighted by molar-refractivity contribution is 5.87. The minimum Gasteiger partial charge on any atom is -0.450 e. The van der Waals surface area contributed by atoms with E-state index in [1.54, 1.807) is 6.92 Å². The van der Waals surface area contributed by atoms with Crippen molar-refractivity contribution in [3.05, 3.63) is 41.4 Å². The lowest BCUT2D eigenvalue weighted by atomic mass is 10.1. The molecule has 6 nitrogen and oxygen atoms in total. The molecule has 2 N–H and O–H groups in total. The predicted octanol–water partition coefficient (Wildman–Crippen LogP) is 4.53. The third kappa shape index (κ3) is 5.24. The molecule has 1 amide bonds. The number of hydrogen-bond donors (Lipinski definition) is 2. The summed E-state index contributed by atoms with van der Waals surface area (Å²) < 4.78 is 4.85. The van der Waals surface area contributed by atoms with Gasteiger partial charge in [0.1, 0.15) is 0 Å². The third-order valence-corrected chi connectivity index (χ3v) is 4.96. The number of carbonyl (C=O) groups is 1. The Kier molecular flexibility index (Phi) is 7.26. The fourth-order valence-corrected chi connectivity index (χ4v) is 3.55. The molecule has 0 bridgehead atoms. The van der Waals surface area contributed by atoms with Crippen molar-refractivity contribution in [1.82, 2.24) is 15.2 Å². The molecule has 2 aromatic rings. The van der Waals surface area contributed by atoms with Gasteiger partial charge >= 0.3 is 6.09 Å². The smallest absolute Gasteiger partial charge is 0.407 e. The second-order valence-electron chi connectivity index (χ2n) is 6.95. The van der Waals surface area contributed by atoms with Crippen LogP contribution in [0, 0.1) is 12.5 Å². The normalized spacial score (nSPS) is 18.0. The summed E-state index contributed by atoms with van der Waals surface area (Å²) in [5.41, 5.74) is 3.14. The average Bonchev–Trinajstić information content (AvgIpc) is 3.25. The topological polar surface area (TPSA) is 61.7 Å². The minimum atomic E-state index is -0.337. The summed E-state index contributed by atoms with van der Waals surface area (Å²) in [6.45, 7) is 12.0. The maximum absolute atomic E-state index is 11.2. The number of benzene rings is 1. The van der Waals surface area contributed by atoms with Gasteiger partial charge in [-0.3, -0.25) is 0 Å². The lowest BCUT2D eigenvalue weighted by molar-refractivity contribution is 0.151. The van der Waals surface area contributed by atoms with Crippen molar-refractivity contribution in [2.45, 2.75) is 33.1 Å². The highest BCUT2D eigenvalue weighted by Gasteiger charge is 2.39. The number of carbonyl (C=O) groups excluding carboxylic acids is 1. The molecule has 0 saturated heterocycles. The van der Waals surface area contributed by atoms with Crippen molar-refractivity contribution >= 4 is 22.7 Å². The summed E-state index contributed by atoms with van der Waals surface area (Å²) >= 11 is 0. The molecule has 1 aliphatic carbocycles. The molecule has 0 spiro atoms. The van der Waals surface area contributed by atoms with Crippen LogP contribution in [0.2, 0.25) is 0 Å². The van der Waals surface area contributed by atoms with Gasteiger partial charge in [0.2, 0.25) is 0 Å². The van der Waals surface area contributed by atoms with E-state index in [1.165, 1.54) is 17.4 Å². The van der Waals surface area contributed by atoms with Crippen molar-refractivity contribution in [3.8, 4) is 0 Å². The summed E-state index contributed by atoms with van der Waals surface area (Å²) in [5, 5.41) is 3.94. The predicted molar refractivity (Wildman–Crippen MR) is 109 cm³/mol. The highest BCUT2D eigenvalue weighted by atomic mass is 16.5. The number of amides is 1. The van der Waals surface area contributed by atoms with Crippen molar-refractivity contribution in [1.29, 1.82) is 0 Å². The van der Waals surface area contributed by atoms with Crippen LogP contribution >= 0.6 is 0 Å². The van der Waals surface area contributed by atoms with Crippen molar-refractivity contribution in [2.75, 3.05) is 33.3 Å². The van der Waals surface area contributed by atoms with Crippen molar-refractivity contribution in [2.24, 2.45) is 5.92 Å². The van der Waals surface area contributed by atoms with E-state index >= 15 is 0 Å². The van der Waals surface area contributed by atoms with Crippen LogP contribution in [0.3, 0.4) is 0 Å². The number of nitrogens with one attached hydrogen (secondary N) is 2. The lowest BCUT2D eigenvalue weighted by Crippen LogP contribution is -2.29. The van der Waals surface area contributed by atoms with Gasteiger partial charge in [-0.15, -0.1) is 0 Å². The maximum atomic E-state index is 11.2. The van der Waals surface area contributed by atoms with E-state index in [9.17, 15) is 4.79 Å². The Hall–Kier alpha value is -2.52. The van der Waals surface area contributed by atoms with Crippen LogP contribution in [0.15, 0.2) is 24.4 Å². The van der Waals surface area contributed by atoms with E-state index in [0.717, 1.165) is 25.0 Å². The lowest BCUT2D eigenvalue weighted by Gasteiger charge is -2.16. The first-order valence-corrected chi connectivity index (χ1v) is 9.20. The van der Waals surface area contributed by atoms with Crippen LogP contribution in [-0.4, -0.2) is 49.3 Å². The average molecular weight is 370 g/mol. The zero-order valence-corrected chi connectivity index (χ0v) is 15.4. The number of aromatic amines is 1. The van der Waals surface area contributed by atoms with E-state index in [4.69, 9.17) is 11.3 Å². The Bertz CT molecular complexity index is 808. The first-order valence-electron chi connectivity index (χ1n) is 9.20. The third-order valence-electron chi connectivity index (χ3n) is 4.96. The van der Waals surface area contributed by atoms with Gasteiger partial charge in [-0.1, -0.05) is 13.5 Å². The van der Waals surface area contributed by atoms with Gasteiger partial charge in [0.25, 0.3) is 0 Å². The highest BCUT2D eigenvalue weighted by Crippen LogP contribution is 2.50. The monoisotopic (exact) mass is 370 g/mol. The van der Waals surface area contributed by atoms with Gasteiger partial charge in [0.15, 0.2) is 5.69 Å². The molecule has 1 aromatic heterocycles. The van der Waals surface area contributed by atoms with Crippen LogP contribution in [0.25, 0.3) is 15.7 Å². The van der Waals surface area contributed by atoms with E-state index in [0.29, 0.717) is 30.7 Å². The van der Waals surface area contributed by atoms with Crippen LogP contribution in [0.1, 0.15) is 38.7 Å². The first kappa shape index (κ1) is 20.8. The van der Waals surface area contributed by atoms with Gasteiger partial charge < -0.3 is 19.9 Å². The van der Waals surface area contributed by atoms with Crippen LogP contribution in [0.5, 0.6) is 0 Å². The number of rotatable bonds is 8. The van der Waals surface area contributed by atoms with Crippen LogP contribution in [0.4, 0.5) is 10.5 Å². The van der Waals surface area contributed by atoms with E-state index in [-0.39, 0.29) is 13.5 Å². The largest absolute Gasteiger partial charge is 0.450 e. The molecule has 1 heterocycles. The van der Waals surface area contributed by atoms with E-state index in [1.807, 2.05) is 18.2 Å². The number of ether oxygens (including phenoxy) is 1. The molecule has 0 radical (unpaired) electrons. The SMILES string of the molecule is C.[C-]#[N+]c1ccc2[nH]cc(C3CC3CN(C)CCCNC(=O)OCC)c2c1. The quantitative estimate of drug-likeness (QED) is 0.530. The second kappa shape index (κ2) is 9.43. The molecule has 6 heteroatoms. The molecule has 2 unspecified atom stereocenters. The van der Waals surface area contributed by atoms with Gasteiger partial charge in [-0.25, -0.2) is 9.64 Å². The van der Waals surface area contributed by atoms with Crippen molar-refractivity contribution in [3.63, 3.8) is 0 Å². The Morgan fingerprint density at radius 1 is 1.48 bits per heavy atom. The number of nitrogens with zero attached hydrogens (tertiary/aromatic N) is 2. The first-order chi connectivity index (χ1) is 12.6. The molecule has 27 heavy (non-hydrogen) atoms. The maximum Gasteiger partial charge on any atom is 0.407 e. The van der Waals surface area contributed by atoms with Gasteiger partial charge in [-0.2, -0.15) is 0 Å². The van der Waals surface area contributed by atoms with E-state index in [2.05, 4.69) is 33.3 Å². The Balaban J connectivity index is 0.00000261. The fraction of sp³-hybridized carbons (Fsp3) is 0.524. The van der Waals surface area contributed by atoms with Crippen molar-refractivity contribution < 1.29 is 9.53 Å². The van der Waals surface area contributed by atoms with Gasteiger partial charge in [0.05, 0.1) is 13.2 Å². The minimum absolute atomic E-state index is 0. The zero-order valence-electron chi connectivity index (χ0n) is 15.4.